The molecule has 0 radical (unpaired) electrons. The average Bonchev–Trinajstić information content (AvgIpc) is 3.27. The zero-order chi connectivity index (χ0) is 21.6. The van der Waals surface area contributed by atoms with Crippen molar-refractivity contribution in [3.05, 3.63) is 102 Å². The summed E-state index contributed by atoms with van der Waals surface area (Å²) in [5.74, 6) is -0.400. The van der Waals surface area contributed by atoms with Gasteiger partial charge < -0.3 is 11.1 Å². The summed E-state index contributed by atoms with van der Waals surface area (Å²) in [4.78, 5) is 25.2. The molecule has 0 aliphatic heterocycles. The second-order valence-corrected chi connectivity index (χ2v) is 6.91. The molecule has 1 heterocycles. The van der Waals surface area contributed by atoms with Gasteiger partial charge in [0.1, 0.15) is 6.54 Å². The number of nitrogens with zero attached hydrogens (tertiary/aromatic N) is 4. The molecule has 8 heteroatoms. The van der Waals surface area contributed by atoms with E-state index < -0.39 is 5.91 Å². The Morgan fingerprint density at radius 1 is 0.871 bits per heavy atom. The number of nitrogens with one attached hydrogen (secondary N) is 1. The van der Waals surface area contributed by atoms with E-state index in [1.54, 1.807) is 24.3 Å². The van der Waals surface area contributed by atoms with Crippen LogP contribution in [0.4, 0.5) is 0 Å². The van der Waals surface area contributed by atoms with Crippen molar-refractivity contribution in [2.24, 2.45) is 5.73 Å². The van der Waals surface area contributed by atoms with Crippen molar-refractivity contribution in [2.75, 3.05) is 0 Å². The maximum Gasteiger partial charge on any atom is 0.248 e. The molecule has 0 aliphatic carbocycles. The third kappa shape index (κ3) is 4.81. The van der Waals surface area contributed by atoms with E-state index in [1.807, 2.05) is 60.7 Å². The first kappa shape index (κ1) is 20.0. The van der Waals surface area contributed by atoms with Crippen LogP contribution in [0.5, 0.6) is 0 Å². The number of hydrogen-bond donors (Lipinski definition) is 2. The normalized spacial score (nSPS) is 10.7. The summed E-state index contributed by atoms with van der Waals surface area (Å²) >= 11 is 0. The average molecular weight is 412 g/mol. The first-order valence-electron chi connectivity index (χ1n) is 9.67. The minimum absolute atomic E-state index is 0.0808. The predicted octanol–water partition coefficient (Wildman–Crippen LogP) is 2.34. The molecule has 0 bridgehead atoms. The van der Waals surface area contributed by atoms with Crippen LogP contribution in [-0.2, 0) is 11.3 Å². The van der Waals surface area contributed by atoms with Crippen LogP contribution in [0, 0.1) is 0 Å². The van der Waals surface area contributed by atoms with Gasteiger partial charge in [-0.25, -0.2) is 0 Å². The van der Waals surface area contributed by atoms with Crippen LogP contribution in [-0.4, -0.2) is 32.0 Å². The van der Waals surface area contributed by atoms with Gasteiger partial charge in [0.15, 0.2) is 0 Å². The molecule has 4 rings (SSSR count). The maximum atomic E-state index is 12.7. The number of carbonyl (C=O) groups excluding carboxylic acids is 2. The predicted molar refractivity (Wildman–Crippen MR) is 115 cm³/mol. The SMILES string of the molecule is NC(=O)c1ccc(-c2nnn(CC(=O)NC(c3ccccc3)c3ccccc3)n2)cc1. The zero-order valence-electron chi connectivity index (χ0n) is 16.6. The second kappa shape index (κ2) is 9.00. The first-order valence-corrected chi connectivity index (χ1v) is 9.67. The van der Waals surface area contributed by atoms with E-state index in [2.05, 4.69) is 20.7 Å². The molecule has 31 heavy (non-hydrogen) atoms. The summed E-state index contributed by atoms with van der Waals surface area (Å²) in [6.07, 6.45) is 0. The van der Waals surface area contributed by atoms with Gasteiger partial charge in [-0.3, -0.25) is 9.59 Å². The van der Waals surface area contributed by atoms with E-state index in [0.29, 0.717) is 17.0 Å². The Morgan fingerprint density at radius 2 is 1.45 bits per heavy atom. The summed E-state index contributed by atoms with van der Waals surface area (Å²) in [5, 5.41) is 15.3. The smallest absolute Gasteiger partial charge is 0.248 e. The molecule has 3 N–H and O–H groups in total. The van der Waals surface area contributed by atoms with Crippen LogP contribution in [0.25, 0.3) is 11.4 Å². The highest BCUT2D eigenvalue weighted by Gasteiger charge is 2.18. The molecule has 0 aliphatic rings. The number of carbonyl (C=O) groups is 2. The quantitative estimate of drug-likeness (QED) is 0.483. The third-order valence-corrected chi connectivity index (χ3v) is 4.74. The number of rotatable bonds is 7. The molecular formula is C23H20N6O2. The standard InChI is InChI=1S/C23H20N6O2/c24-22(31)18-11-13-19(14-12-18)23-26-28-29(27-23)15-20(30)25-21(16-7-3-1-4-8-16)17-9-5-2-6-10-17/h1-14,21H,15H2,(H2,24,31)(H,25,30). The van der Waals surface area contributed by atoms with Crippen LogP contribution in [0.3, 0.4) is 0 Å². The van der Waals surface area contributed by atoms with Crippen LogP contribution >= 0.6 is 0 Å². The third-order valence-electron chi connectivity index (χ3n) is 4.74. The number of hydrogen-bond acceptors (Lipinski definition) is 5. The monoisotopic (exact) mass is 412 g/mol. The molecular weight excluding hydrogens is 392 g/mol. The molecule has 154 valence electrons. The fourth-order valence-corrected chi connectivity index (χ4v) is 3.19. The van der Waals surface area contributed by atoms with E-state index in [4.69, 9.17) is 5.73 Å². The molecule has 2 amide bonds. The van der Waals surface area contributed by atoms with Gasteiger partial charge in [0.25, 0.3) is 0 Å². The van der Waals surface area contributed by atoms with Gasteiger partial charge in [-0.05, 0) is 28.5 Å². The van der Waals surface area contributed by atoms with Crippen molar-refractivity contribution in [3.63, 3.8) is 0 Å². The fraction of sp³-hybridized carbons (Fsp3) is 0.0870. The minimum Gasteiger partial charge on any atom is -0.366 e. The van der Waals surface area contributed by atoms with E-state index in [9.17, 15) is 9.59 Å². The van der Waals surface area contributed by atoms with Gasteiger partial charge in [-0.1, -0.05) is 72.8 Å². The van der Waals surface area contributed by atoms with Gasteiger partial charge >= 0.3 is 0 Å². The Kier molecular flexibility index (Phi) is 5.79. The van der Waals surface area contributed by atoms with Crippen LogP contribution in [0.2, 0.25) is 0 Å². The van der Waals surface area contributed by atoms with E-state index >= 15 is 0 Å². The number of tetrazole rings is 1. The first-order chi connectivity index (χ1) is 15.1. The largest absolute Gasteiger partial charge is 0.366 e. The van der Waals surface area contributed by atoms with E-state index in [-0.39, 0.29) is 18.5 Å². The van der Waals surface area contributed by atoms with Crippen molar-refractivity contribution in [1.82, 2.24) is 25.5 Å². The number of nitrogens with two attached hydrogens (primary N) is 1. The van der Waals surface area contributed by atoms with Gasteiger partial charge in [0.05, 0.1) is 6.04 Å². The lowest BCUT2D eigenvalue weighted by atomic mass is 9.99. The van der Waals surface area contributed by atoms with Gasteiger partial charge in [0, 0.05) is 11.1 Å². The molecule has 0 saturated carbocycles. The zero-order valence-corrected chi connectivity index (χ0v) is 16.6. The lowest BCUT2D eigenvalue weighted by molar-refractivity contribution is -0.122. The van der Waals surface area contributed by atoms with Crippen molar-refractivity contribution in [1.29, 1.82) is 0 Å². The number of primary amides is 1. The van der Waals surface area contributed by atoms with Gasteiger partial charge in [0.2, 0.25) is 17.6 Å². The summed E-state index contributed by atoms with van der Waals surface area (Å²) in [7, 11) is 0. The Balaban J connectivity index is 1.48. The lowest BCUT2D eigenvalue weighted by Gasteiger charge is -2.19. The molecule has 3 aromatic carbocycles. The number of amides is 2. The van der Waals surface area contributed by atoms with Crippen LogP contribution < -0.4 is 11.1 Å². The van der Waals surface area contributed by atoms with Crippen molar-refractivity contribution in [3.8, 4) is 11.4 Å². The highest BCUT2D eigenvalue weighted by Crippen LogP contribution is 2.21. The fourth-order valence-electron chi connectivity index (χ4n) is 3.19. The van der Waals surface area contributed by atoms with Crippen LogP contribution in [0.1, 0.15) is 27.5 Å². The highest BCUT2D eigenvalue weighted by molar-refractivity contribution is 5.93. The molecule has 1 aromatic heterocycles. The van der Waals surface area contributed by atoms with E-state index in [0.717, 1.165) is 11.1 Å². The highest BCUT2D eigenvalue weighted by atomic mass is 16.2. The van der Waals surface area contributed by atoms with Gasteiger partial charge in [-0.2, -0.15) is 4.80 Å². The molecule has 4 aromatic rings. The summed E-state index contributed by atoms with van der Waals surface area (Å²) in [6.45, 7) is -0.0808. The molecule has 0 spiro atoms. The van der Waals surface area contributed by atoms with Crippen molar-refractivity contribution in [2.45, 2.75) is 12.6 Å². The molecule has 0 unspecified atom stereocenters. The topological polar surface area (TPSA) is 116 Å². The molecule has 0 saturated heterocycles. The van der Waals surface area contributed by atoms with Crippen molar-refractivity contribution >= 4 is 11.8 Å². The van der Waals surface area contributed by atoms with E-state index in [1.165, 1.54) is 4.80 Å². The summed E-state index contributed by atoms with van der Waals surface area (Å²) in [5.41, 5.74) is 8.27. The maximum absolute atomic E-state index is 12.7. The Hall–Kier alpha value is -4.33. The Labute approximate surface area is 178 Å². The van der Waals surface area contributed by atoms with Crippen LogP contribution in [0.15, 0.2) is 84.9 Å². The summed E-state index contributed by atoms with van der Waals surface area (Å²) in [6, 6.07) is 25.8. The Bertz CT molecular complexity index is 1130. The second-order valence-electron chi connectivity index (χ2n) is 6.91. The number of aromatic nitrogens is 4. The lowest BCUT2D eigenvalue weighted by Crippen LogP contribution is -2.32. The van der Waals surface area contributed by atoms with Crippen molar-refractivity contribution < 1.29 is 9.59 Å². The number of benzene rings is 3. The molecule has 8 nitrogen and oxygen atoms in total. The summed E-state index contributed by atoms with van der Waals surface area (Å²) < 4.78 is 0. The molecule has 0 fully saturated rings. The minimum atomic E-state index is -0.508. The van der Waals surface area contributed by atoms with Gasteiger partial charge in [-0.15, -0.1) is 10.2 Å². The molecule has 0 atom stereocenters. The Morgan fingerprint density at radius 3 is 2.00 bits per heavy atom.